The molecule has 21 heavy (non-hydrogen) atoms. The highest BCUT2D eigenvalue weighted by molar-refractivity contribution is 7.17. The average molecular weight is 317 g/mol. The minimum absolute atomic E-state index is 0.176. The molecule has 0 saturated heterocycles. The van der Waals surface area contributed by atoms with E-state index in [-0.39, 0.29) is 5.91 Å². The van der Waals surface area contributed by atoms with Crippen molar-refractivity contribution in [1.82, 2.24) is 14.7 Å². The Morgan fingerprint density at radius 3 is 2.62 bits per heavy atom. The van der Waals surface area contributed by atoms with E-state index in [0.29, 0.717) is 21.1 Å². The van der Waals surface area contributed by atoms with Crippen LogP contribution in [0.3, 0.4) is 0 Å². The first-order chi connectivity index (χ1) is 9.67. The van der Waals surface area contributed by atoms with Gasteiger partial charge in [-0.3, -0.25) is 9.48 Å². The lowest BCUT2D eigenvalue weighted by atomic mass is 10.3. The average Bonchev–Trinajstić information content (AvgIpc) is 2.92. The van der Waals surface area contributed by atoms with Gasteiger partial charge in [0.1, 0.15) is 6.54 Å². The van der Waals surface area contributed by atoms with Crippen LogP contribution in [0.15, 0.2) is 18.2 Å². The van der Waals surface area contributed by atoms with Crippen molar-refractivity contribution in [3.8, 4) is 10.6 Å². The number of rotatable bonds is 3. The summed E-state index contributed by atoms with van der Waals surface area (Å²) < 4.78 is 38.6. The largest absolute Gasteiger partial charge is 0.408 e. The number of carbonyl (C=O) groups excluding carboxylic acids is 1. The van der Waals surface area contributed by atoms with Crippen molar-refractivity contribution >= 4 is 17.2 Å². The van der Waals surface area contributed by atoms with E-state index in [4.69, 9.17) is 0 Å². The van der Waals surface area contributed by atoms with Crippen LogP contribution in [0.4, 0.5) is 13.2 Å². The Morgan fingerprint density at radius 2 is 2.05 bits per heavy atom. The zero-order chi connectivity index (χ0) is 15.8. The van der Waals surface area contributed by atoms with Crippen molar-refractivity contribution in [3.05, 3.63) is 28.8 Å². The molecule has 0 saturated carbocycles. The molecule has 2 heterocycles. The van der Waals surface area contributed by atoms with Gasteiger partial charge in [0.2, 0.25) is 0 Å². The summed E-state index contributed by atoms with van der Waals surface area (Å²) in [6.45, 7) is 0.487. The quantitative estimate of drug-likeness (QED) is 0.872. The van der Waals surface area contributed by atoms with Crippen molar-refractivity contribution in [2.24, 2.45) is 0 Å². The topological polar surface area (TPSA) is 38.1 Å². The Balaban J connectivity index is 2.37. The van der Waals surface area contributed by atoms with E-state index in [2.05, 4.69) is 5.10 Å². The smallest absolute Gasteiger partial charge is 0.344 e. The maximum Gasteiger partial charge on any atom is 0.408 e. The third kappa shape index (κ3) is 3.63. The second kappa shape index (κ2) is 5.51. The van der Waals surface area contributed by atoms with E-state index in [1.54, 1.807) is 39.2 Å². The molecule has 4 nitrogen and oxygen atoms in total. The number of alkyl halides is 3. The molecule has 8 heteroatoms. The third-order valence-corrected chi connectivity index (χ3v) is 3.80. The molecule has 2 rings (SSSR count). The zero-order valence-corrected chi connectivity index (χ0v) is 12.5. The summed E-state index contributed by atoms with van der Waals surface area (Å²) >= 11 is 1.16. The van der Waals surface area contributed by atoms with Gasteiger partial charge in [-0.05, 0) is 25.1 Å². The summed E-state index contributed by atoms with van der Waals surface area (Å²) in [5.41, 5.74) is 0.871. The van der Waals surface area contributed by atoms with Crippen LogP contribution in [0.1, 0.15) is 15.4 Å². The number of thiophene rings is 1. The van der Waals surface area contributed by atoms with Crippen LogP contribution in [-0.4, -0.2) is 40.9 Å². The van der Waals surface area contributed by atoms with Crippen molar-refractivity contribution in [3.63, 3.8) is 0 Å². The van der Waals surface area contributed by atoms with E-state index < -0.39 is 12.7 Å². The van der Waals surface area contributed by atoms with Crippen LogP contribution in [0.25, 0.3) is 10.6 Å². The van der Waals surface area contributed by atoms with Crippen LogP contribution in [0.2, 0.25) is 0 Å². The molecule has 0 bridgehead atoms. The molecule has 2 aromatic heterocycles. The van der Waals surface area contributed by atoms with Crippen molar-refractivity contribution in [2.75, 3.05) is 14.1 Å². The van der Waals surface area contributed by atoms with Gasteiger partial charge >= 0.3 is 6.18 Å². The molecule has 0 aliphatic rings. The van der Waals surface area contributed by atoms with E-state index in [1.807, 2.05) is 0 Å². The summed E-state index contributed by atoms with van der Waals surface area (Å²) in [5.74, 6) is -0.176. The molecule has 0 spiro atoms. The molecular weight excluding hydrogens is 303 g/mol. The van der Waals surface area contributed by atoms with Crippen LogP contribution in [0, 0.1) is 6.92 Å². The number of carbonyl (C=O) groups is 1. The van der Waals surface area contributed by atoms with E-state index in [1.165, 1.54) is 4.90 Å². The highest BCUT2D eigenvalue weighted by atomic mass is 32.1. The fourth-order valence-corrected chi connectivity index (χ4v) is 2.89. The summed E-state index contributed by atoms with van der Waals surface area (Å²) in [6.07, 6.45) is -4.34. The summed E-state index contributed by atoms with van der Waals surface area (Å²) in [4.78, 5) is 14.3. The van der Waals surface area contributed by atoms with Crippen molar-refractivity contribution in [1.29, 1.82) is 0 Å². The normalized spacial score (nSPS) is 11.7. The van der Waals surface area contributed by atoms with E-state index in [0.717, 1.165) is 16.0 Å². The Bertz CT molecular complexity index is 658. The summed E-state index contributed by atoms with van der Waals surface area (Å²) in [6, 6.07) is 4.84. The number of halogens is 3. The number of hydrogen-bond acceptors (Lipinski definition) is 3. The van der Waals surface area contributed by atoms with Crippen LogP contribution in [0.5, 0.6) is 0 Å². The van der Waals surface area contributed by atoms with Gasteiger partial charge in [0.05, 0.1) is 21.1 Å². The van der Waals surface area contributed by atoms with E-state index >= 15 is 0 Å². The zero-order valence-electron chi connectivity index (χ0n) is 11.7. The minimum atomic E-state index is -4.34. The lowest BCUT2D eigenvalue weighted by Crippen LogP contribution is -2.20. The number of hydrogen-bond donors (Lipinski definition) is 0. The predicted octanol–water partition coefficient (Wildman–Crippen LogP) is 3.18. The van der Waals surface area contributed by atoms with Crippen molar-refractivity contribution in [2.45, 2.75) is 19.6 Å². The van der Waals surface area contributed by atoms with Gasteiger partial charge in [-0.2, -0.15) is 18.3 Å². The monoisotopic (exact) mass is 317 g/mol. The fourth-order valence-electron chi connectivity index (χ4n) is 1.85. The number of amides is 1. The Morgan fingerprint density at radius 1 is 1.38 bits per heavy atom. The molecule has 0 aliphatic carbocycles. The molecule has 0 fully saturated rings. The third-order valence-electron chi connectivity index (χ3n) is 2.71. The molecule has 114 valence electrons. The van der Waals surface area contributed by atoms with Gasteiger partial charge in [0.25, 0.3) is 5.91 Å². The lowest BCUT2D eigenvalue weighted by Gasteiger charge is -2.09. The standard InChI is InChI=1S/C13H14F3N3OS/c1-8-6-9(19(17-8)7-13(14,15)16)10-4-5-11(21-10)12(20)18(2)3/h4-6H,7H2,1-3H3. The number of aryl methyl sites for hydroxylation is 1. The molecule has 0 aromatic carbocycles. The van der Waals surface area contributed by atoms with E-state index in [9.17, 15) is 18.0 Å². The van der Waals surface area contributed by atoms with Gasteiger partial charge < -0.3 is 4.90 Å². The Hall–Kier alpha value is -1.83. The maximum atomic E-state index is 12.6. The fraction of sp³-hybridized carbons (Fsp3) is 0.385. The second-order valence-electron chi connectivity index (χ2n) is 4.81. The van der Waals surface area contributed by atoms with Crippen LogP contribution >= 0.6 is 11.3 Å². The molecular formula is C13H14F3N3OS. The molecule has 0 N–H and O–H groups in total. The van der Waals surface area contributed by atoms with Gasteiger partial charge in [0, 0.05) is 14.1 Å². The molecule has 0 unspecified atom stereocenters. The first-order valence-corrected chi connectivity index (χ1v) is 6.92. The number of nitrogens with zero attached hydrogens (tertiary/aromatic N) is 3. The second-order valence-corrected chi connectivity index (χ2v) is 5.89. The Labute approximate surface area is 123 Å². The SMILES string of the molecule is Cc1cc(-c2ccc(C(=O)N(C)C)s2)n(CC(F)(F)F)n1. The van der Waals surface area contributed by atoms with Gasteiger partial charge in [0.15, 0.2) is 0 Å². The molecule has 1 amide bonds. The maximum absolute atomic E-state index is 12.6. The van der Waals surface area contributed by atoms with Crippen LogP contribution in [-0.2, 0) is 6.54 Å². The molecule has 2 aromatic rings. The summed E-state index contributed by atoms with van der Waals surface area (Å²) in [7, 11) is 3.25. The van der Waals surface area contributed by atoms with Gasteiger partial charge in [-0.1, -0.05) is 0 Å². The minimum Gasteiger partial charge on any atom is -0.344 e. The lowest BCUT2D eigenvalue weighted by molar-refractivity contribution is -0.142. The molecule has 0 aliphatic heterocycles. The van der Waals surface area contributed by atoms with Crippen molar-refractivity contribution < 1.29 is 18.0 Å². The Kier molecular flexibility index (Phi) is 4.08. The molecule has 0 atom stereocenters. The highest BCUT2D eigenvalue weighted by Gasteiger charge is 2.30. The summed E-state index contributed by atoms with van der Waals surface area (Å²) in [5, 5.41) is 3.87. The first-order valence-electron chi connectivity index (χ1n) is 6.10. The molecule has 0 radical (unpaired) electrons. The predicted molar refractivity (Wildman–Crippen MR) is 74.3 cm³/mol. The highest BCUT2D eigenvalue weighted by Crippen LogP contribution is 2.31. The van der Waals surface area contributed by atoms with Crippen LogP contribution < -0.4 is 0 Å². The number of aromatic nitrogens is 2. The van der Waals surface area contributed by atoms with Gasteiger partial charge in [-0.25, -0.2) is 0 Å². The van der Waals surface area contributed by atoms with Gasteiger partial charge in [-0.15, -0.1) is 11.3 Å². The first kappa shape index (κ1) is 15.6.